The summed E-state index contributed by atoms with van der Waals surface area (Å²) >= 11 is 0. The number of benzene rings is 2. The molecule has 0 atom stereocenters. The second-order valence-corrected chi connectivity index (χ2v) is 5.66. The van der Waals surface area contributed by atoms with Crippen molar-refractivity contribution < 1.29 is 4.79 Å². The Bertz CT molecular complexity index is 667. The van der Waals surface area contributed by atoms with Gasteiger partial charge in [-0.05, 0) is 43.0 Å². The van der Waals surface area contributed by atoms with E-state index in [1.165, 1.54) is 5.56 Å². The Morgan fingerprint density at radius 1 is 1.18 bits per heavy atom. The summed E-state index contributed by atoms with van der Waals surface area (Å²) in [4.78, 5) is 14.5. The Labute approximate surface area is 137 Å². The van der Waals surface area contributed by atoms with Crippen molar-refractivity contribution in [2.45, 2.75) is 26.2 Å². The van der Waals surface area contributed by atoms with Gasteiger partial charge in [-0.1, -0.05) is 35.9 Å². The minimum Gasteiger partial charge on any atom is -0.398 e. The first-order chi connectivity index (χ1) is 10.1. The molecule has 1 heterocycles. The smallest absolute Gasteiger partial charge is 0.231 e. The third kappa shape index (κ3) is 3.25. The van der Waals surface area contributed by atoms with Gasteiger partial charge in [0.1, 0.15) is 0 Å². The Morgan fingerprint density at radius 2 is 1.91 bits per heavy atom. The van der Waals surface area contributed by atoms with Gasteiger partial charge in [-0.2, -0.15) is 0 Å². The van der Waals surface area contributed by atoms with Crippen LogP contribution in [0.4, 0.5) is 11.4 Å². The number of hydrogen-bond donors (Lipinski definition) is 1. The van der Waals surface area contributed by atoms with Gasteiger partial charge in [-0.15, -0.1) is 12.4 Å². The van der Waals surface area contributed by atoms with Crippen molar-refractivity contribution in [2.24, 2.45) is 0 Å². The van der Waals surface area contributed by atoms with Crippen LogP contribution in [0.1, 0.15) is 23.1 Å². The first-order valence-corrected chi connectivity index (χ1v) is 7.38. The predicted octanol–water partition coefficient (Wildman–Crippen LogP) is 3.52. The highest BCUT2D eigenvalue weighted by Crippen LogP contribution is 2.31. The molecule has 1 aliphatic heterocycles. The van der Waals surface area contributed by atoms with E-state index >= 15 is 0 Å². The highest BCUT2D eigenvalue weighted by atomic mass is 35.5. The molecule has 0 radical (unpaired) electrons. The van der Waals surface area contributed by atoms with Gasteiger partial charge in [-0.25, -0.2) is 0 Å². The van der Waals surface area contributed by atoms with Crippen LogP contribution in [-0.2, 0) is 17.6 Å². The minimum absolute atomic E-state index is 0. The van der Waals surface area contributed by atoms with Gasteiger partial charge in [0.25, 0.3) is 0 Å². The summed E-state index contributed by atoms with van der Waals surface area (Å²) in [7, 11) is 0. The number of aryl methyl sites for hydroxylation is 1. The molecule has 0 saturated carbocycles. The van der Waals surface area contributed by atoms with Gasteiger partial charge in [0.2, 0.25) is 5.91 Å². The lowest BCUT2D eigenvalue weighted by Crippen LogP contribution is -2.36. The number of nitrogens with two attached hydrogens (primary N) is 1. The van der Waals surface area contributed by atoms with Crippen molar-refractivity contribution in [1.29, 1.82) is 0 Å². The van der Waals surface area contributed by atoms with Crippen LogP contribution in [-0.4, -0.2) is 12.5 Å². The predicted molar refractivity (Wildman–Crippen MR) is 93.7 cm³/mol. The SMILES string of the molecule is Cc1ccc(CC(=O)N2CCCc3c(N)cccc32)cc1.Cl. The van der Waals surface area contributed by atoms with Crippen LogP contribution in [0.3, 0.4) is 0 Å². The van der Waals surface area contributed by atoms with Gasteiger partial charge in [-0.3, -0.25) is 4.79 Å². The summed E-state index contributed by atoms with van der Waals surface area (Å²) in [6.45, 7) is 2.83. The third-order valence-corrected chi connectivity index (χ3v) is 4.06. The fraction of sp³-hybridized carbons (Fsp3) is 0.278. The van der Waals surface area contributed by atoms with Crippen molar-refractivity contribution in [1.82, 2.24) is 0 Å². The molecule has 0 aliphatic carbocycles. The van der Waals surface area contributed by atoms with E-state index in [9.17, 15) is 4.79 Å². The topological polar surface area (TPSA) is 46.3 Å². The monoisotopic (exact) mass is 316 g/mol. The number of carbonyl (C=O) groups excluding carboxylic acids is 1. The standard InChI is InChI=1S/C18H20N2O.ClH/c1-13-7-9-14(10-8-13)12-18(21)20-11-3-4-15-16(19)5-2-6-17(15)20;/h2,5-10H,3-4,11-12,19H2,1H3;1H. The molecule has 2 N–H and O–H groups in total. The van der Waals surface area contributed by atoms with Crippen molar-refractivity contribution >= 4 is 29.7 Å². The van der Waals surface area contributed by atoms with Gasteiger partial charge in [0.05, 0.1) is 6.42 Å². The largest absolute Gasteiger partial charge is 0.398 e. The van der Waals surface area contributed by atoms with Gasteiger partial charge < -0.3 is 10.6 Å². The molecule has 1 amide bonds. The van der Waals surface area contributed by atoms with E-state index in [0.29, 0.717) is 6.42 Å². The zero-order valence-electron chi connectivity index (χ0n) is 12.7. The van der Waals surface area contributed by atoms with Gasteiger partial charge >= 0.3 is 0 Å². The molecule has 1 aliphatic rings. The molecule has 0 spiro atoms. The van der Waals surface area contributed by atoms with Crippen LogP contribution in [0.15, 0.2) is 42.5 Å². The van der Waals surface area contributed by atoms with Crippen LogP contribution in [0.25, 0.3) is 0 Å². The Kier molecular flexibility index (Phi) is 5.09. The van der Waals surface area contributed by atoms with E-state index in [-0.39, 0.29) is 18.3 Å². The fourth-order valence-electron chi connectivity index (χ4n) is 2.89. The maximum Gasteiger partial charge on any atom is 0.231 e. The number of anilines is 2. The van der Waals surface area contributed by atoms with E-state index in [0.717, 1.165) is 41.9 Å². The molecule has 0 saturated heterocycles. The number of fused-ring (bicyclic) bond motifs is 1. The Hall–Kier alpha value is -2.00. The number of amides is 1. The average Bonchev–Trinajstić information content (AvgIpc) is 2.49. The lowest BCUT2D eigenvalue weighted by molar-refractivity contribution is -0.118. The molecule has 2 aromatic rings. The summed E-state index contributed by atoms with van der Waals surface area (Å²) in [5.74, 6) is 0.144. The fourth-order valence-corrected chi connectivity index (χ4v) is 2.89. The minimum atomic E-state index is 0. The molecule has 0 unspecified atom stereocenters. The number of hydrogen-bond acceptors (Lipinski definition) is 2. The Balaban J connectivity index is 0.00000176. The molecule has 116 valence electrons. The van der Waals surface area contributed by atoms with E-state index < -0.39 is 0 Å². The second-order valence-electron chi connectivity index (χ2n) is 5.66. The molecule has 0 fully saturated rings. The van der Waals surface area contributed by atoms with Crippen LogP contribution in [0.2, 0.25) is 0 Å². The molecular formula is C18H21ClN2O. The zero-order chi connectivity index (χ0) is 14.8. The maximum atomic E-state index is 12.6. The zero-order valence-corrected chi connectivity index (χ0v) is 13.5. The van der Waals surface area contributed by atoms with Crippen LogP contribution < -0.4 is 10.6 Å². The molecule has 2 aromatic carbocycles. The highest BCUT2D eigenvalue weighted by Gasteiger charge is 2.23. The lowest BCUT2D eigenvalue weighted by atomic mass is 9.99. The Morgan fingerprint density at radius 3 is 2.64 bits per heavy atom. The van der Waals surface area contributed by atoms with Crippen molar-refractivity contribution in [3.05, 3.63) is 59.2 Å². The summed E-state index contributed by atoms with van der Waals surface area (Å²) in [5.41, 5.74) is 11.2. The molecule has 4 heteroatoms. The van der Waals surface area contributed by atoms with E-state index in [2.05, 4.69) is 6.92 Å². The van der Waals surface area contributed by atoms with Crippen molar-refractivity contribution in [2.75, 3.05) is 17.2 Å². The quantitative estimate of drug-likeness (QED) is 0.862. The third-order valence-electron chi connectivity index (χ3n) is 4.06. The normalized spacial score (nSPS) is 13.2. The lowest BCUT2D eigenvalue weighted by Gasteiger charge is -2.30. The number of carbonyl (C=O) groups is 1. The van der Waals surface area contributed by atoms with Crippen LogP contribution >= 0.6 is 12.4 Å². The van der Waals surface area contributed by atoms with Gasteiger partial charge in [0, 0.05) is 17.9 Å². The van der Waals surface area contributed by atoms with Gasteiger partial charge in [0.15, 0.2) is 0 Å². The summed E-state index contributed by atoms with van der Waals surface area (Å²) in [5, 5.41) is 0. The number of rotatable bonds is 2. The molecule has 3 nitrogen and oxygen atoms in total. The van der Waals surface area contributed by atoms with Crippen molar-refractivity contribution in [3.63, 3.8) is 0 Å². The second kappa shape index (κ2) is 6.84. The van der Waals surface area contributed by atoms with E-state index in [1.54, 1.807) is 0 Å². The summed E-state index contributed by atoms with van der Waals surface area (Å²) in [6.07, 6.45) is 2.37. The maximum absolute atomic E-state index is 12.6. The number of halogens is 1. The summed E-state index contributed by atoms with van der Waals surface area (Å²) < 4.78 is 0. The van der Waals surface area contributed by atoms with Crippen LogP contribution in [0.5, 0.6) is 0 Å². The molecular weight excluding hydrogens is 296 g/mol. The molecule has 0 bridgehead atoms. The average molecular weight is 317 g/mol. The summed E-state index contributed by atoms with van der Waals surface area (Å²) in [6, 6.07) is 14.0. The van der Waals surface area contributed by atoms with Crippen LogP contribution in [0, 0.1) is 6.92 Å². The van der Waals surface area contributed by atoms with E-state index in [4.69, 9.17) is 5.73 Å². The first kappa shape index (κ1) is 16.4. The number of nitrogens with zero attached hydrogens (tertiary/aromatic N) is 1. The van der Waals surface area contributed by atoms with E-state index in [1.807, 2.05) is 47.4 Å². The molecule has 22 heavy (non-hydrogen) atoms. The van der Waals surface area contributed by atoms with Crippen molar-refractivity contribution in [3.8, 4) is 0 Å². The molecule has 0 aromatic heterocycles. The first-order valence-electron chi connectivity index (χ1n) is 7.38. The number of nitrogen functional groups attached to an aromatic ring is 1. The molecule has 3 rings (SSSR count). The highest BCUT2D eigenvalue weighted by molar-refractivity contribution is 5.96.